The number of primary amides is 1. The maximum atomic E-state index is 12.8. The molecular formula is C18H22N2O4. The summed E-state index contributed by atoms with van der Waals surface area (Å²) in [7, 11) is 0. The van der Waals surface area contributed by atoms with Crippen molar-refractivity contribution >= 4 is 17.4 Å². The molecule has 2 atom stereocenters. The number of benzene rings is 1. The van der Waals surface area contributed by atoms with Crippen molar-refractivity contribution in [2.45, 2.75) is 25.0 Å². The van der Waals surface area contributed by atoms with E-state index in [4.69, 9.17) is 5.73 Å². The first-order valence-electron chi connectivity index (χ1n) is 8.15. The Morgan fingerprint density at radius 3 is 2.54 bits per heavy atom. The molecule has 128 valence electrons. The third kappa shape index (κ3) is 3.34. The van der Waals surface area contributed by atoms with Crippen LogP contribution in [0.25, 0.3) is 5.57 Å². The second kappa shape index (κ2) is 6.37. The monoisotopic (exact) mass is 330 g/mol. The van der Waals surface area contributed by atoms with E-state index in [0.29, 0.717) is 13.1 Å². The molecule has 0 bridgehead atoms. The molecule has 1 aliphatic carbocycles. The van der Waals surface area contributed by atoms with Crippen LogP contribution in [0, 0.1) is 11.8 Å². The maximum absolute atomic E-state index is 12.8. The average Bonchev–Trinajstić information content (AvgIpc) is 3.04. The van der Waals surface area contributed by atoms with Crippen LogP contribution in [0.5, 0.6) is 0 Å². The normalized spacial score (nSPS) is 26.1. The molecule has 2 amide bonds. The lowest BCUT2D eigenvalue weighted by Gasteiger charge is -2.37. The molecule has 0 radical (unpaired) electrons. The van der Waals surface area contributed by atoms with Crippen LogP contribution in [0.1, 0.15) is 24.8 Å². The first-order chi connectivity index (χ1) is 11.4. The van der Waals surface area contributed by atoms with Crippen LogP contribution in [0.2, 0.25) is 0 Å². The second-order valence-electron chi connectivity index (χ2n) is 6.65. The van der Waals surface area contributed by atoms with Crippen LogP contribution >= 0.6 is 0 Å². The number of hydrogen-bond acceptors (Lipinski definition) is 4. The smallest absolute Gasteiger partial charge is 0.227 e. The lowest BCUT2D eigenvalue weighted by atomic mass is 9.75. The highest BCUT2D eigenvalue weighted by Gasteiger charge is 2.45. The van der Waals surface area contributed by atoms with Gasteiger partial charge in [0, 0.05) is 25.9 Å². The molecule has 0 spiro atoms. The van der Waals surface area contributed by atoms with Gasteiger partial charge in [-0.2, -0.15) is 0 Å². The summed E-state index contributed by atoms with van der Waals surface area (Å²) in [5.41, 5.74) is 7.54. The Hall–Kier alpha value is -2.18. The lowest BCUT2D eigenvalue weighted by molar-refractivity contribution is -0.201. The van der Waals surface area contributed by atoms with E-state index in [1.54, 1.807) is 4.90 Å². The Balaban J connectivity index is 1.70. The third-order valence-electron chi connectivity index (χ3n) is 4.95. The van der Waals surface area contributed by atoms with Gasteiger partial charge in [-0.25, -0.2) is 0 Å². The highest BCUT2D eigenvalue weighted by molar-refractivity contribution is 5.89. The molecule has 1 aliphatic heterocycles. The quantitative estimate of drug-likeness (QED) is 0.702. The van der Waals surface area contributed by atoms with Crippen molar-refractivity contribution in [2.75, 3.05) is 13.1 Å². The van der Waals surface area contributed by atoms with Crippen LogP contribution in [-0.2, 0) is 9.59 Å². The zero-order chi connectivity index (χ0) is 17.3. The molecule has 2 unspecified atom stereocenters. The standard InChI is InChI=1S/C18H22N2O4/c19-16(21)15-10-18(23,24)8-6-14(15)17(22)20-9-7-13(11-20)12-4-2-1-3-5-12/h1-5,7,14-15,23-24H,6,8-11H2,(H2,19,21). The van der Waals surface area contributed by atoms with Gasteiger partial charge in [-0.1, -0.05) is 36.4 Å². The van der Waals surface area contributed by atoms with E-state index in [2.05, 4.69) is 0 Å². The molecule has 1 heterocycles. The highest BCUT2D eigenvalue weighted by Crippen LogP contribution is 2.37. The van der Waals surface area contributed by atoms with Crippen LogP contribution in [0.4, 0.5) is 0 Å². The van der Waals surface area contributed by atoms with Crippen molar-refractivity contribution < 1.29 is 19.8 Å². The Morgan fingerprint density at radius 1 is 1.17 bits per heavy atom. The number of aliphatic hydroxyl groups is 2. The number of carbonyl (C=O) groups is 2. The molecule has 24 heavy (non-hydrogen) atoms. The number of amides is 2. The van der Waals surface area contributed by atoms with Gasteiger partial charge >= 0.3 is 0 Å². The van der Waals surface area contributed by atoms with Crippen LogP contribution in [-0.4, -0.2) is 45.8 Å². The molecule has 3 rings (SSSR count). The Kier molecular flexibility index (Phi) is 4.43. The van der Waals surface area contributed by atoms with E-state index in [-0.39, 0.29) is 25.2 Å². The van der Waals surface area contributed by atoms with E-state index in [1.807, 2.05) is 36.4 Å². The lowest BCUT2D eigenvalue weighted by Crippen LogP contribution is -2.49. The minimum Gasteiger partial charge on any atom is -0.369 e. The first-order valence-corrected chi connectivity index (χ1v) is 8.15. The summed E-state index contributed by atoms with van der Waals surface area (Å²) >= 11 is 0. The van der Waals surface area contributed by atoms with Gasteiger partial charge < -0.3 is 20.8 Å². The van der Waals surface area contributed by atoms with Gasteiger partial charge in [0.15, 0.2) is 5.79 Å². The summed E-state index contributed by atoms with van der Waals surface area (Å²) in [6, 6.07) is 9.84. The van der Waals surface area contributed by atoms with E-state index >= 15 is 0 Å². The van der Waals surface area contributed by atoms with E-state index in [0.717, 1.165) is 11.1 Å². The van der Waals surface area contributed by atoms with E-state index in [1.165, 1.54) is 0 Å². The van der Waals surface area contributed by atoms with Gasteiger partial charge in [-0.15, -0.1) is 0 Å². The maximum Gasteiger partial charge on any atom is 0.227 e. The molecule has 0 saturated heterocycles. The van der Waals surface area contributed by atoms with Crippen molar-refractivity contribution in [1.29, 1.82) is 0 Å². The molecule has 1 aromatic rings. The SMILES string of the molecule is NC(=O)C1CC(O)(O)CCC1C(=O)N1CC=C(c2ccccc2)C1. The summed E-state index contributed by atoms with van der Waals surface area (Å²) in [4.78, 5) is 26.2. The molecule has 1 saturated carbocycles. The van der Waals surface area contributed by atoms with Gasteiger partial charge in [-0.05, 0) is 17.6 Å². The van der Waals surface area contributed by atoms with Crippen molar-refractivity contribution in [3.8, 4) is 0 Å². The third-order valence-corrected chi connectivity index (χ3v) is 4.95. The number of hydrogen-bond donors (Lipinski definition) is 3. The Labute approximate surface area is 140 Å². The fourth-order valence-electron chi connectivity index (χ4n) is 3.60. The highest BCUT2D eigenvalue weighted by atomic mass is 16.5. The molecule has 1 fully saturated rings. The van der Waals surface area contributed by atoms with Crippen LogP contribution < -0.4 is 5.73 Å². The predicted molar refractivity (Wildman–Crippen MR) is 88.2 cm³/mol. The van der Waals surface area contributed by atoms with Crippen LogP contribution in [0.3, 0.4) is 0 Å². The largest absolute Gasteiger partial charge is 0.369 e. The van der Waals surface area contributed by atoms with Gasteiger partial charge in [-0.3, -0.25) is 9.59 Å². The fraction of sp³-hybridized carbons (Fsp3) is 0.444. The molecule has 0 aromatic heterocycles. The number of nitrogens with two attached hydrogens (primary N) is 1. The minimum absolute atomic E-state index is 0.0694. The van der Waals surface area contributed by atoms with E-state index < -0.39 is 23.5 Å². The molecule has 2 aliphatic rings. The zero-order valence-electron chi connectivity index (χ0n) is 13.4. The topological polar surface area (TPSA) is 104 Å². The Bertz CT molecular complexity index is 669. The van der Waals surface area contributed by atoms with Crippen molar-refractivity contribution in [2.24, 2.45) is 17.6 Å². The van der Waals surface area contributed by atoms with Crippen molar-refractivity contribution in [1.82, 2.24) is 4.90 Å². The summed E-state index contributed by atoms with van der Waals surface area (Å²) in [6.07, 6.45) is 2.14. The van der Waals surface area contributed by atoms with E-state index in [9.17, 15) is 19.8 Å². The number of rotatable bonds is 3. The van der Waals surface area contributed by atoms with Gasteiger partial charge in [0.25, 0.3) is 0 Å². The molecular weight excluding hydrogens is 308 g/mol. The number of nitrogens with zero attached hydrogens (tertiary/aromatic N) is 1. The van der Waals surface area contributed by atoms with Gasteiger partial charge in [0.2, 0.25) is 11.8 Å². The second-order valence-corrected chi connectivity index (χ2v) is 6.65. The van der Waals surface area contributed by atoms with Crippen LogP contribution in [0.15, 0.2) is 36.4 Å². The van der Waals surface area contributed by atoms with Gasteiger partial charge in [0.05, 0.1) is 11.8 Å². The summed E-state index contributed by atoms with van der Waals surface area (Å²) in [5.74, 6) is -4.15. The summed E-state index contributed by atoms with van der Waals surface area (Å²) in [5, 5.41) is 19.5. The predicted octanol–water partition coefficient (Wildman–Crippen LogP) is 0.495. The van der Waals surface area contributed by atoms with Crippen molar-refractivity contribution in [3.05, 3.63) is 42.0 Å². The molecule has 4 N–H and O–H groups in total. The average molecular weight is 330 g/mol. The molecule has 1 aromatic carbocycles. The molecule has 6 nitrogen and oxygen atoms in total. The molecule has 6 heteroatoms. The minimum atomic E-state index is -1.92. The first kappa shape index (κ1) is 16.7. The van der Waals surface area contributed by atoms with Crippen molar-refractivity contribution in [3.63, 3.8) is 0 Å². The summed E-state index contributed by atoms with van der Waals surface area (Å²) < 4.78 is 0. The zero-order valence-corrected chi connectivity index (χ0v) is 13.4. The fourth-order valence-corrected chi connectivity index (χ4v) is 3.60. The number of carbonyl (C=O) groups excluding carboxylic acids is 2. The van der Waals surface area contributed by atoms with Gasteiger partial charge in [0.1, 0.15) is 0 Å². The summed E-state index contributed by atoms with van der Waals surface area (Å²) in [6.45, 7) is 0.989. The Morgan fingerprint density at radius 2 is 1.88 bits per heavy atom.